The van der Waals surface area contributed by atoms with Crippen LogP contribution in [0.5, 0.6) is 0 Å². The Labute approximate surface area is 160 Å². The van der Waals surface area contributed by atoms with Gasteiger partial charge in [0, 0.05) is 40.9 Å². The van der Waals surface area contributed by atoms with Crippen LogP contribution in [0.25, 0.3) is 0 Å². The van der Waals surface area contributed by atoms with Gasteiger partial charge >= 0.3 is 0 Å². The predicted octanol–water partition coefficient (Wildman–Crippen LogP) is 4.80. The summed E-state index contributed by atoms with van der Waals surface area (Å²) < 4.78 is 19.3. The molecule has 0 saturated carbocycles. The maximum absolute atomic E-state index is 13.5. The topological polar surface area (TPSA) is 25.4 Å². The molecule has 0 radical (unpaired) electrons. The quantitative estimate of drug-likeness (QED) is 0.694. The number of rotatable bonds is 7. The van der Waals surface area contributed by atoms with Crippen molar-refractivity contribution in [2.75, 3.05) is 26.3 Å². The lowest BCUT2D eigenvalue weighted by molar-refractivity contribution is 0.0437. The maximum atomic E-state index is 13.5. The van der Waals surface area contributed by atoms with Gasteiger partial charge in [0.25, 0.3) is 0 Å². The first-order valence-corrected chi connectivity index (χ1v) is 10.2. The molecule has 0 amide bonds. The third-order valence-electron chi connectivity index (χ3n) is 5.64. The molecule has 1 unspecified atom stereocenters. The third kappa shape index (κ3) is 4.16. The van der Waals surface area contributed by atoms with Gasteiger partial charge in [-0.25, -0.2) is 0 Å². The lowest BCUT2D eigenvalue weighted by atomic mass is 9.83. The van der Waals surface area contributed by atoms with Gasteiger partial charge in [0.2, 0.25) is 0 Å². The number of pyridine rings is 1. The molecule has 1 saturated heterocycles. The molecule has 1 aliphatic rings. The highest BCUT2D eigenvalue weighted by Crippen LogP contribution is 2.41. The SMILES string of the molecule is CCOCC1(Cc2ccc(F)s2)CCN(C(C)(C)c2ccc(C)nc2)C1. The minimum Gasteiger partial charge on any atom is -0.381 e. The summed E-state index contributed by atoms with van der Waals surface area (Å²) in [6.07, 6.45) is 3.93. The van der Waals surface area contributed by atoms with Gasteiger partial charge in [-0.1, -0.05) is 6.07 Å². The number of halogens is 1. The van der Waals surface area contributed by atoms with Crippen molar-refractivity contribution in [3.05, 3.63) is 51.7 Å². The Morgan fingerprint density at radius 3 is 2.73 bits per heavy atom. The van der Waals surface area contributed by atoms with Gasteiger partial charge in [-0.2, -0.15) is 4.39 Å². The number of hydrogen-bond acceptors (Lipinski definition) is 4. The first kappa shape index (κ1) is 19.5. The fourth-order valence-electron chi connectivity index (χ4n) is 3.87. The zero-order chi connectivity index (χ0) is 18.8. The third-order valence-corrected chi connectivity index (χ3v) is 6.51. The highest BCUT2D eigenvalue weighted by Gasteiger charge is 2.44. The van der Waals surface area contributed by atoms with Crippen LogP contribution in [0.2, 0.25) is 0 Å². The minimum atomic E-state index is -0.104. The molecular formula is C21H29FN2OS. The largest absolute Gasteiger partial charge is 0.381 e. The van der Waals surface area contributed by atoms with Crippen LogP contribution in [0.3, 0.4) is 0 Å². The smallest absolute Gasteiger partial charge is 0.176 e. The normalized spacial score (nSPS) is 21.4. The fourth-order valence-corrected chi connectivity index (χ4v) is 4.77. The van der Waals surface area contributed by atoms with E-state index in [0.717, 1.165) is 43.1 Å². The molecule has 1 aliphatic heterocycles. The molecule has 0 aromatic carbocycles. The predicted molar refractivity (Wildman–Crippen MR) is 105 cm³/mol. The Balaban J connectivity index is 1.79. The van der Waals surface area contributed by atoms with E-state index in [0.29, 0.717) is 6.61 Å². The number of nitrogens with zero attached hydrogens (tertiary/aromatic N) is 2. The maximum Gasteiger partial charge on any atom is 0.176 e. The number of ether oxygens (including phenoxy) is 1. The molecule has 0 aliphatic carbocycles. The van der Waals surface area contributed by atoms with Crippen LogP contribution in [0.1, 0.15) is 43.3 Å². The highest BCUT2D eigenvalue weighted by molar-refractivity contribution is 7.10. The first-order chi connectivity index (χ1) is 12.3. The summed E-state index contributed by atoms with van der Waals surface area (Å²) in [4.78, 5) is 8.12. The molecule has 1 fully saturated rings. The van der Waals surface area contributed by atoms with Gasteiger partial charge in [-0.05, 0) is 70.8 Å². The van der Waals surface area contributed by atoms with E-state index >= 15 is 0 Å². The summed E-state index contributed by atoms with van der Waals surface area (Å²) in [5, 5.41) is -0.104. The molecule has 0 N–H and O–H groups in total. The van der Waals surface area contributed by atoms with Crippen LogP contribution in [0.4, 0.5) is 4.39 Å². The van der Waals surface area contributed by atoms with Crippen LogP contribution >= 0.6 is 11.3 Å². The summed E-state index contributed by atoms with van der Waals surface area (Å²) >= 11 is 1.26. The van der Waals surface area contributed by atoms with Crippen LogP contribution in [-0.4, -0.2) is 36.2 Å². The fraction of sp³-hybridized carbons (Fsp3) is 0.571. The van der Waals surface area contributed by atoms with Crippen molar-refractivity contribution >= 4 is 11.3 Å². The van der Waals surface area contributed by atoms with Gasteiger partial charge in [0.1, 0.15) is 0 Å². The standard InChI is InChI=1S/C21H29FN2OS/c1-5-25-15-21(12-18-8-9-19(22)26-18)10-11-24(14-21)20(3,4)17-7-6-16(2)23-13-17/h6-9,13H,5,10-12,14-15H2,1-4H3. The summed E-state index contributed by atoms with van der Waals surface area (Å²) in [6.45, 7) is 12.0. The number of likely N-dealkylation sites (tertiary alicyclic amines) is 1. The van der Waals surface area contributed by atoms with E-state index in [4.69, 9.17) is 4.74 Å². The second-order valence-electron chi connectivity index (χ2n) is 7.94. The Kier molecular flexibility index (Phi) is 5.80. The Hall–Kier alpha value is -1.30. The van der Waals surface area contributed by atoms with Gasteiger partial charge < -0.3 is 4.74 Å². The first-order valence-electron chi connectivity index (χ1n) is 9.35. The second-order valence-corrected chi connectivity index (χ2v) is 9.06. The van der Waals surface area contributed by atoms with Crippen molar-refractivity contribution in [1.29, 1.82) is 0 Å². The van der Waals surface area contributed by atoms with Crippen LogP contribution < -0.4 is 0 Å². The van der Waals surface area contributed by atoms with Crippen molar-refractivity contribution in [1.82, 2.24) is 9.88 Å². The summed E-state index contributed by atoms with van der Waals surface area (Å²) in [6, 6.07) is 7.75. The van der Waals surface area contributed by atoms with Gasteiger partial charge in [0.05, 0.1) is 6.61 Å². The number of aromatic nitrogens is 1. The Bertz CT molecular complexity index is 728. The van der Waals surface area contributed by atoms with Crippen molar-refractivity contribution in [3.63, 3.8) is 0 Å². The van der Waals surface area contributed by atoms with Crippen molar-refractivity contribution in [2.45, 2.75) is 46.1 Å². The van der Waals surface area contributed by atoms with E-state index in [1.54, 1.807) is 6.07 Å². The van der Waals surface area contributed by atoms with Crippen LogP contribution in [0, 0.1) is 17.5 Å². The molecule has 3 rings (SSSR count). The molecule has 26 heavy (non-hydrogen) atoms. The van der Waals surface area contributed by atoms with Crippen LogP contribution in [-0.2, 0) is 16.7 Å². The summed E-state index contributed by atoms with van der Waals surface area (Å²) in [7, 11) is 0. The highest BCUT2D eigenvalue weighted by atomic mass is 32.1. The van der Waals surface area contributed by atoms with E-state index in [1.165, 1.54) is 16.9 Å². The molecule has 2 aromatic rings. The van der Waals surface area contributed by atoms with E-state index in [-0.39, 0.29) is 16.1 Å². The average Bonchev–Trinajstić information content (AvgIpc) is 3.21. The molecule has 3 nitrogen and oxygen atoms in total. The Morgan fingerprint density at radius 2 is 2.12 bits per heavy atom. The van der Waals surface area contributed by atoms with E-state index in [2.05, 4.69) is 35.9 Å². The number of aryl methyl sites for hydroxylation is 1. The van der Waals surface area contributed by atoms with E-state index < -0.39 is 0 Å². The van der Waals surface area contributed by atoms with Gasteiger partial charge in [-0.3, -0.25) is 9.88 Å². The van der Waals surface area contributed by atoms with Crippen molar-refractivity contribution in [3.8, 4) is 0 Å². The molecule has 0 bridgehead atoms. The zero-order valence-corrected chi connectivity index (χ0v) is 17.0. The average molecular weight is 377 g/mol. The number of hydrogen-bond donors (Lipinski definition) is 0. The lowest BCUT2D eigenvalue weighted by Gasteiger charge is -2.38. The van der Waals surface area contributed by atoms with Gasteiger partial charge in [0.15, 0.2) is 5.13 Å². The lowest BCUT2D eigenvalue weighted by Crippen LogP contribution is -2.42. The molecule has 3 heterocycles. The molecule has 5 heteroatoms. The molecular weight excluding hydrogens is 347 g/mol. The second kappa shape index (κ2) is 7.75. The van der Waals surface area contributed by atoms with Gasteiger partial charge in [-0.15, -0.1) is 11.3 Å². The zero-order valence-electron chi connectivity index (χ0n) is 16.2. The number of thiophene rings is 1. The molecule has 2 aromatic heterocycles. The summed E-state index contributed by atoms with van der Waals surface area (Å²) in [5.74, 6) is 0. The Morgan fingerprint density at radius 1 is 1.31 bits per heavy atom. The molecule has 142 valence electrons. The van der Waals surface area contributed by atoms with E-state index in [9.17, 15) is 4.39 Å². The van der Waals surface area contributed by atoms with Crippen molar-refractivity contribution < 1.29 is 9.13 Å². The molecule has 1 atom stereocenters. The minimum absolute atomic E-state index is 0.0443. The molecule has 0 spiro atoms. The van der Waals surface area contributed by atoms with E-state index in [1.807, 2.05) is 26.1 Å². The monoisotopic (exact) mass is 376 g/mol. The summed E-state index contributed by atoms with van der Waals surface area (Å²) in [5.41, 5.74) is 2.23. The van der Waals surface area contributed by atoms with Crippen LogP contribution in [0.15, 0.2) is 30.5 Å². The van der Waals surface area contributed by atoms with Crippen molar-refractivity contribution in [2.24, 2.45) is 5.41 Å².